The van der Waals surface area contributed by atoms with Crippen molar-refractivity contribution in [2.75, 3.05) is 19.0 Å². The fourth-order valence-corrected chi connectivity index (χ4v) is 1.22. The van der Waals surface area contributed by atoms with Gasteiger partial charge in [0.1, 0.15) is 0 Å². The van der Waals surface area contributed by atoms with E-state index < -0.39 is 0 Å². The van der Waals surface area contributed by atoms with E-state index in [1.54, 1.807) is 6.08 Å². The van der Waals surface area contributed by atoms with Gasteiger partial charge in [0.25, 0.3) is 0 Å². The molecule has 0 saturated carbocycles. The molecule has 0 aliphatic carbocycles. The first kappa shape index (κ1) is 11.3. The summed E-state index contributed by atoms with van der Waals surface area (Å²) in [5.41, 5.74) is 7.24. The van der Waals surface area contributed by atoms with E-state index in [2.05, 4.69) is 6.07 Å². The molecule has 0 heterocycles. The molecule has 1 aromatic carbocycles. The average molecular weight is 204 g/mol. The Morgan fingerprint density at radius 1 is 1.47 bits per heavy atom. The van der Waals surface area contributed by atoms with Crippen LogP contribution in [0.1, 0.15) is 12.0 Å². The van der Waals surface area contributed by atoms with Gasteiger partial charge >= 0.3 is 0 Å². The molecule has 3 nitrogen and oxygen atoms in total. The molecule has 0 bridgehead atoms. The van der Waals surface area contributed by atoms with Crippen molar-refractivity contribution >= 4 is 17.7 Å². The summed E-state index contributed by atoms with van der Waals surface area (Å²) >= 11 is 0. The molecule has 15 heavy (non-hydrogen) atoms. The third-order valence-electron chi connectivity index (χ3n) is 2.02. The van der Waals surface area contributed by atoms with Gasteiger partial charge in [-0.3, -0.25) is 4.79 Å². The van der Waals surface area contributed by atoms with Crippen LogP contribution in [0.5, 0.6) is 0 Å². The Morgan fingerprint density at radius 2 is 2.20 bits per heavy atom. The van der Waals surface area contributed by atoms with Gasteiger partial charge in [0.2, 0.25) is 5.91 Å². The Labute approximate surface area is 90.2 Å². The zero-order chi connectivity index (χ0) is 11.3. The van der Waals surface area contributed by atoms with Gasteiger partial charge in [0, 0.05) is 26.2 Å². The standard InChI is InChI=1S/C12H16N2O/c1-14(2)11-7-3-5-10(9-11)6-4-8-12(13)15/h3-7,9H,8H2,1-2H3,(H2,13,15). The average Bonchev–Trinajstić information content (AvgIpc) is 2.17. The number of anilines is 1. The maximum absolute atomic E-state index is 10.5. The van der Waals surface area contributed by atoms with Gasteiger partial charge in [-0.05, 0) is 17.7 Å². The van der Waals surface area contributed by atoms with Crippen LogP contribution in [0.15, 0.2) is 30.3 Å². The van der Waals surface area contributed by atoms with Crippen LogP contribution >= 0.6 is 0 Å². The number of nitrogens with zero attached hydrogens (tertiary/aromatic N) is 1. The minimum atomic E-state index is -0.310. The fraction of sp³-hybridized carbons (Fsp3) is 0.250. The molecular formula is C12H16N2O. The zero-order valence-electron chi connectivity index (χ0n) is 9.10. The molecule has 0 atom stereocenters. The highest BCUT2D eigenvalue weighted by Gasteiger charge is 1.94. The van der Waals surface area contributed by atoms with Crippen LogP contribution in [0.2, 0.25) is 0 Å². The van der Waals surface area contributed by atoms with Gasteiger partial charge in [-0.15, -0.1) is 0 Å². The van der Waals surface area contributed by atoms with Gasteiger partial charge in [-0.1, -0.05) is 24.3 Å². The van der Waals surface area contributed by atoms with Crippen LogP contribution in [0.3, 0.4) is 0 Å². The van der Waals surface area contributed by atoms with Gasteiger partial charge in [0.15, 0.2) is 0 Å². The second kappa shape index (κ2) is 5.20. The maximum Gasteiger partial charge on any atom is 0.221 e. The van der Waals surface area contributed by atoms with Crippen molar-refractivity contribution in [1.82, 2.24) is 0 Å². The first-order valence-corrected chi connectivity index (χ1v) is 4.82. The number of benzene rings is 1. The molecule has 0 spiro atoms. The smallest absolute Gasteiger partial charge is 0.221 e. The number of hydrogen-bond donors (Lipinski definition) is 1. The van der Waals surface area contributed by atoms with Crippen molar-refractivity contribution in [3.8, 4) is 0 Å². The molecule has 1 amide bonds. The lowest BCUT2D eigenvalue weighted by atomic mass is 10.1. The van der Waals surface area contributed by atoms with E-state index in [1.165, 1.54) is 0 Å². The topological polar surface area (TPSA) is 46.3 Å². The zero-order valence-corrected chi connectivity index (χ0v) is 9.10. The van der Waals surface area contributed by atoms with E-state index in [-0.39, 0.29) is 12.3 Å². The summed E-state index contributed by atoms with van der Waals surface area (Å²) in [7, 11) is 3.98. The number of hydrogen-bond acceptors (Lipinski definition) is 2. The lowest BCUT2D eigenvalue weighted by Gasteiger charge is -2.12. The summed E-state index contributed by atoms with van der Waals surface area (Å²) in [6.07, 6.45) is 3.96. The van der Waals surface area contributed by atoms with Crippen LogP contribution < -0.4 is 10.6 Å². The summed E-state index contributed by atoms with van der Waals surface area (Å²) in [5.74, 6) is -0.310. The third-order valence-corrected chi connectivity index (χ3v) is 2.02. The number of carbonyl (C=O) groups is 1. The Balaban J connectivity index is 2.73. The van der Waals surface area contributed by atoms with Crippen LogP contribution in [0.4, 0.5) is 5.69 Å². The van der Waals surface area contributed by atoms with Crippen LogP contribution in [-0.4, -0.2) is 20.0 Å². The number of primary amides is 1. The summed E-state index contributed by atoms with van der Waals surface area (Å²) < 4.78 is 0. The molecule has 0 aromatic heterocycles. The second-order valence-corrected chi connectivity index (χ2v) is 3.56. The predicted octanol–water partition coefficient (Wildman–Crippen LogP) is 1.64. The van der Waals surface area contributed by atoms with Crippen LogP contribution in [0.25, 0.3) is 6.08 Å². The molecule has 0 aliphatic rings. The van der Waals surface area contributed by atoms with Gasteiger partial charge < -0.3 is 10.6 Å². The first-order valence-electron chi connectivity index (χ1n) is 4.82. The minimum absolute atomic E-state index is 0.284. The summed E-state index contributed by atoms with van der Waals surface area (Å²) in [4.78, 5) is 12.6. The minimum Gasteiger partial charge on any atom is -0.378 e. The molecule has 0 fully saturated rings. The Bertz CT molecular complexity index is 370. The van der Waals surface area contributed by atoms with Crippen molar-refractivity contribution in [3.05, 3.63) is 35.9 Å². The highest BCUT2D eigenvalue weighted by Crippen LogP contribution is 2.14. The molecule has 0 saturated heterocycles. The van der Waals surface area contributed by atoms with Crippen molar-refractivity contribution in [1.29, 1.82) is 0 Å². The van der Waals surface area contributed by atoms with E-state index >= 15 is 0 Å². The highest BCUT2D eigenvalue weighted by atomic mass is 16.1. The molecule has 0 unspecified atom stereocenters. The van der Waals surface area contributed by atoms with Crippen molar-refractivity contribution in [2.45, 2.75) is 6.42 Å². The van der Waals surface area contributed by atoms with Gasteiger partial charge in [-0.2, -0.15) is 0 Å². The van der Waals surface area contributed by atoms with Crippen LogP contribution in [0, 0.1) is 0 Å². The predicted molar refractivity (Wildman–Crippen MR) is 63.6 cm³/mol. The fourth-order valence-electron chi connectivity index (χ4n) is 1.22. The van der Waals surface area contributed by atoms with E-state index in [1.807, 2.05) is 43.3 Å². The van der Waals surface area contributed by atoms with Crippen molar-refractivity contribution in [3.63, 3.8) is 0 Å². The van der Waals surface area contributed by atoms with Crippen molar-refractivity contribution < 1.29 is 4.79 Å². The third kappa shape index (κ3) is 3.85. The molecular weight excluding hydrogens is 188 g/mol. The van der Waals surface area contributed by atoms with Gasteiger partial charge in [-0.25, -0.2) is 0 Å². The van der Waals surface area contributed by atoms with E-state index in [0.29, 0.717) is 0 Å². The Kier molecular flexibility index (Phi) is 3.92. The maximum atomic E-state index is 10.5. The lowest BCUT2D eigenvalue weighted by molar-refractivity contribution is -0.117. The molecule has 0 aliphatic heterocycles. The van der Waals surface area contributed by atoms with Crippen molar-refractivity contribution in [2.24, 2.45) is 5.73 Å². The Hall–Kier alpha value is -1.77. The Morgan fingerprint density at radius 3 is 2.80 bits per heavy atom. The normalized spacial score (nSPS) is 10.5. The largest absolute Gasteiger partial charge is 0.378 e. The summed E-state index contributed by atoms with van der Waals surface area (Å²) in [5, 5.41) is 0. The number of amides is 1. The quantitative estimate of drug-likeness (QED) is 0.810. The summed E-state index contributed by atoms with van der Waals surface area (Å²) in [6, 6.07) is 8.06. The van der Waals surface area contributed by atoms with E-state index in [4.69, 9.17) is 5.73 Å². The second-order valence-electron chi connectivity index (χ2n) is 3.56. The SMILES string of the molecule is CN(C)c1cccc(C=CCC(N)=O)c1. The monoisotopic (exact) mass is 204 g/mol. The highest BCUT2D eigenvalue weighted by molar-refractivity contribution is 5.76. The van der Waals surface area contributed by atoms with E-state index in [0.717, 1.165) is 11.3 Å². The molecule has 80 valence electrons. The lowest BCUT2D eigenvalue weighted by Crippen LogP contribution is -2.08. The number of rotatable bonds is 4. The molecule has 1 aromatic rings. The van der Waals surface area contributed by atoms with Gasteiger partial charge in [0.05, 0.1) is 0 Å². The molecule has 0 radical (unpaired) electrons. The molecule has 1 rings (SSSR count). The molecule has 3 heteroatoms. The molecule has 2 N–H and O–H groups in total. The number of carbonyl (C=O) groups excluding carboxylic acids is 1. The summed E-state index contributed by atoms with van der Waals surface area (Å²) in [6.45, 7) is 0. The number of nitrogens with two attached hydrogens (primary N) is 1. The van der Waals surface area contributed by atoms with E-state index in [9.17, 15) is 4.79 Å². The first-order chi connectivity index (χ1) is 7.09. The van der Waals surface area contributed by atoms with Crippen LogP contribution in [-0.2, 0) is 4.79 Å².